The first kappa shape index (κ1) is 16.6. The van der Waals surface area contributed by atoms with E-state index >= 15 is 0 Å². The number of aliphatic imine (C=N–C) groups is 1. The van der Waals surface area contributed by atoms with Crippen LogP contribution in [0.25, 0.3) is 11.6 Å². The number of ether oxygens (including phenoxy) is 1. The molecule has 0 unspecified atom stereocenters. The van der Waals surface area contributed by atoms with Crippen LogP contribution in [-0.4, -0.2) is 23.1 Å². The molecule has 1 aliphatic rings. The number of nitrogens with zero attached hydrogens (tertiary/aromatic N) is 2. The van der Waals surface area contributed by atoms with Gasteiger partial charge in [-0.15, -0.1) is 0 Å². The molecule has 3 aromatic rings. The van der Waals surface area contributed by atoms with Crippen molar-refractivity contribution in [2.45, 2.75) is 0 Å². The van der Waals surface area contributed by atoms with Crippen LogP contribution in [0.1, 0.15) is 10.4 Å². The highest BCUT2D eigenvalue weighted by Crippen LogP contribution is 2.37. The second kappa shape index (κ2) is 6.78. The van der Waals surface area contributed by atoms with Gasteiger partial charge in [-0.3, -0.25) is 10.4 Å². The number of nitrogens with one attached hydrogen (secondary N) is 1. The highest BCUT2D eigenvalue weighted by Gasteiger charge is 2.16. The van der Waals surface area contributed by atoms with Gasteiger partial charge in [0, 0.05) is 23.4 Å². The van der Waals surface area contributed by atoms with E-state index < -0.39 is 0 Å². The lowest BCUT2D eigenvalue weighted by atomic mass is 10.1. The number of benzene rings is 2. The van der Waals surface area contributed by atoms with E-state index in [0.717, 1.165) is 28.3 Å². The molecule has 2 N–H and O–H groups in total. The molecule has 0 aliphatic carbocycles. The third-order valence-electron chi connectivity index (χ3n) is 3.97. The van der Waals surface area contributed by atoms with Gasteiger partial charge < -0.3 is 9.84 Å². The number of anilines is 1. The lowest BCUT2D eigenvalue weighted by molar-refractivity contribution is 0.415. The summed E-state index contributed by atoms with van der Waals surface area (Å²) < 4.78 is 7.26. The summed E-state index contributed by atoms with van der Waals surface area (Å²) in [7, 11) is 1.63. The predicted molar refractivity (Wildman–Crippen MR) is 109 cm³/mol. The summed E-state index contributed by atoms with van der Waals surface area (Å²) in [6, 6.07) is 15.3. The zero-order valence-electron chi connectivity index (χ0n) is 13.8. The van der Waals surface area contributed by atoms with Gasteiger partial charge in [0.25, 0.3) is 0 Å². The second-order valence-electron chi connectivity index (χ2n) is 5.61. The molecule has 4 rings (SSSR count). The summed E-state index contributed by atoms with van der Waals surface area (Å²) in [5.41, 5.74) is 6.71. The van der Waals surface area contributed by atoms with Crippen molar-refractivity contribution >= 4 is 52.8 Å². The quantitative estimate of drug-likeness (QED) is 0.616. The number of aromatic hydroxyl groups is 1. The van der Waals surface area contributed by atoms with Crippen LogP contribution in [0.15, 0.2) is 53.5 Å². The van der Waals surface area contributed by atoms with Crippen molar-refractivity contribution in [2.75, 3.05) is 12.5 Å². The third kappa shape index (κ3) is 3.02. The summed E-state index contributed by atoms with van der Waals surface area (Å²) in [6.45, 7) is 0. The molecule has 5 nitrogen and oxygen atoms in total. The smallest absolute Gasteiger partial charge is 0.230 e. The van der Waals surface area contributed by atoms with Gasteiger partial charge in [0.05, 0.1) is 23.4 Å². The van der Waals surface area contributed by atoms with Crippen LogP contribution in [0, 0.1) is 3.95 Å². The molecule has 0 amide bonds. The first-order valence-corrected chi connectivity index (χ1v) is 9.09. The standard InChI is InChI=1S/C19H15N3O2S2/c1-24-14-7-8-15-12(11-20-16(15)10-14)9-17-18(23)22(19(25)26-17)21-13-5-3-2-4-6-13/h2-11,21,23H,1H3. The van der Waals surface area contributed by atoms with Gasteiger partial charge in [-0.2, -0.15) is 0 Å². The molecule has 0 bridgehead atoms. The maximum absolute atomic E-state index is 10.6. The topological polar surface area (TPSA) is 58.8 Å². The fraction of sp³-hybridized carbons (Fsp3) is 0.0526. The molecule has 7 heteroatoms. The summed E-state index contributed by atoms with van der Waals surface area (Å²) in [6.07, 6.45) is 3.67. The van der Waals surface area contributed by atoms with Gasteiger partial charge in [0.1, 0.15) is 5.75 Å². The Bertz CT molecular complexity index is 1080. The lowest BCUT2D eigenvalue weighted by Gasteiger charge is -2.08. The number of para-hydroxylation sites is 1. The minimum absolute atomic E-state index is 0.0757. The number of aromatic nitrogens is 1. The van der Waals surface area contributed by atoms with Crippen molar-refractivity contribution in [3.63, 3.8) is 0 Å². The molecule has 0 spiro atoms. The molecule has 2 aromatic carbocycles. The summed E-state index contributed by atoms with van der Waals surface area (Å²) in [5.74, 6) is 0.839. The van der Waals surface area contributed by atoms with Crippen LogP contribution in [0.3, 0.4) is 0 Å². The fourth-order valence-corrected chi connectivity index (χ4v) is 3.85. The van der Waals surface area contributed by atoms with Crippen LogP contribution < -0.4 is 10.2 Å². The van der Waals surface area contributed by atoms with E-state index in [0.29, 0.717) is 8.83 Å². The first-order chi connectivity index (χ1) is 12.7. The van der Waals surface area contributed by atoms with Gasteiger partial charge >= 0.3 is 0 Å². The molecule has 0 saturated heterocycles. The molecule has 0 radical (unpaired) electrons. The van der Waals surface area contributed by atoms with E-state index in [-0.39, 0.29) is 5.88 Å². The Labute approximate surface area is 159 Å². The predicted octanol–water partition coefficient (Wildman–Crippen LogP) is 5.12. The monoisotopic (exact) mass is 381 g/mol. The number of methoxy groups -OCH3 is 1. The molecule has 1 aliphatic heterocycles. The molecule has 1 aromatic heterocycles. The highest BCUT2D eigenvalue weighted by atomic mass is 32.1. The van der Waals surface area contributed by atoms with E-state index in [1.807, 2.05) is 54.6 Å². The van der Waals surface area contributed by atoms with Gasteiger partial charge in [0.15, 0.2) is 3.95 Å². The number of allylic oxidation sites excluding steroid dienone is 1. The SMILES string of the molecule is COc1ccc2c(c1)N=CC2=Cc1sc(=S)n(Nc2ccccc2)c1O. The highest BCUT2D eigenvalue weighted by molar-refractivity contribution is 7.73. The molecular formula is C19H15N3O2S2. The lowest BCUT2D eigenvalue weighted by Crippen LogP contribution is -2.07. The maximum atomic E-state index is 10.6. The molecule has 26 heavy (non-hydrogen) atoms. The number of hydrogen-bond acceptors (Lipinski definition) is 6. The molecule has 2 heterocycles. The zero-order chi connectivity index (χ0) is 18.1. The largest absolute Gasteiger partial charge is 0.497 e. The van der Waals surface area contributed by atoms with E-state index in [2.05, 4.69) is 10.4 Å². The van der Waals surface area contributed by atoms with Gasteiger partial charge in [-0.25, -0.2) is 4.68 Å². The zero-order valence-corrected chi connectivity index (χ0v) is 15.5. The Morgan fingerprint density at radius 2 is 2.04 bits per heavy atom. The Morgan fingerprint density at radius 1 is 1.23 bits per heavy atom. The number of hydrogen-bond donors (Lipinski definition) is 2. The van der Waals surface area contributed by atoms with Gasteiger partial charge in [-0.05, 0) is 42.6 Å². The number of fused-ring (bicyclic) bond motifs is 1. The first-order valence-electron chi connectivity index (χ1n) is 7.87. The van der Waals surface area contributed by atoms with Gasteiger partial charge in [0.2, 0.25) is 5.88 Å². The Hall–Kier alpha value is -2.90. The van der Waals surface area contributed by atoms with Crippen molar-refractivity contribution < 1.29 is 9.84 Å². The van der Waals surface area contributed by atoms with Crippen molar-refractivity contribution in [3.8, 4) is 11.6 Å². The number of thiazole rings is 1. The van der Waals surface area contributed by atoms with Crippen LogP contribution in [0.5, 0.6) is 11.6 Å². The molecular weight excluding hydrogens is 366 g/mol. The van der Waals surface area contributed by atoms with E-state index in [4.69, 9.17) is 17.0 Å². The fourth-order valence-electron chi connectivity index (χ4n) is 2.67. The van der Waals surface area contributed by atoms with E-state index in [1.54, 1.807) is 13.3 Å². The third-order valence-corrected chi connectivity index (χ3v) is 5.28. The molecule has 0 fully saturated rings. The molecule has 130 valence electrons. The van der Waals surface area contributed by atoms with Crippen LogP contribution in [-0.2, 0) is 0 Å². The average molecular weight is 381 g/mol. The summed E-state index contributed by atoms with van der Waals surface area (Å²) in [4.78, 5) is 5.08. The van der Waals surface area contributed by atoms with Crippen molar-refractivity contribution in [1.82, 2.24) is 4.68 Å². The number of rotatable bonds is 4. The molecule has 0 atom stereocenters. The second-order valence-corrected chi connectivity index (χ2v) is 7.29. The molecule has 0 saturated carbocycles. The minimum Gasteiger partial charge on any atom is -0.497 e. The van der Waals surface area contributed by atoms with E-state index in [9.17, 15) is 5.11 Å². The van der Waals surface area contributed by atoms with Crippen LogP contribution in [0.2, 0.25) is 0 Å². The summed E-state index contributed by atoms with van der Waals surface area (Å²) >= 11 is 6.72. The average Bonchev–Trinajstić information content (AvgIpc) is 3.18. The van der Waals surface area contributed by atoms with Crippen molar-refractivity contribution in [2.24, 2.45) is 4.99 Å². The maximum Gasteiger partial charge on any atom is 0.230 e. The summed E-state index contributed by atoms with van der Waals surface area (Å²) in [5, 5.41) is 10.6. The van der Waals surface area contributed by atoms with Crippen LogP contribution >= 0.6 is 23.6 Å². The van der Waals surface area contributed by atoms with Gasteiger partial charge in [-0.1, -0.05) is 29.5 Å². The van der Waals surface area contributed by atoms with Crippen molar-refractivity contribution in [1.29, 1.82) is 0 Å². The minimum atomic E-state index is 0.0757. The van der Waals surface area contributed by atoms with E-state index in [1.165, 1.54) is 16.0 Å². The Balaban J connectivity index is 1.69. The van der Waals surface area contributed by atoms with Crippen LogP contribution in [0.4, 0.5) is 11.4 Å². The van der Waals surface area contributed by atoms with Crippen molar-refractivity contribution in [3.05, 3.63) is 62.9 Å². The normalized spacial score (nSPS) is 13.8. The Morgan fingerprint density at radius 3 is 2.81 bits per heavy atom. The Kier molecular flexibility index (Phi) is 4.32.